The van der Waals surface area contributed by atoms with Crippen molar-refractivity contribution in [1.82, 2.24) is 0 Å². The van der Waals surface area contributed by atoms with Crippen LogP contribution in [0.25, 0.3) is 0 Å². The van der Waals surface area contributed by atoms with E-state index in [1.54, 1.807) is 0 Å². The van der Waals surface area contributed by atoms with Crippen LogP contribution >= 0.6 is 9.69 Å². The number of rotatable bonds is 0. The van der Waals surface area contributed by atoms with Gasteiger partial charge in [0, 0.05) is 0 Å². The molecule has 0 spiro atoms. The molecule has 0 aromatic rings. The minimum absolute atomic E-state index is 0. The summed E-state index contributed by atoms with van der Waals surface area (Å²) >= 11 is -6.75. The van der Waals surface area contributed by atoms with Gasteiger partial charge in [0.15, 0.2) is 0 Å². The fourth-order valence-corrected chi connectivity index (χ4v) is 0. The summed E-state index contributed by atoms with van der Waals surface area (Å²) in [6.45, 7) is 0. The van der Waals surface area contributed by atoms with E-state index in [0.29, 0.717) is 0 Å². The van der Waals surface area contributed by atoms with Crippen LogP contribution in [0.3, 0.4) is 0 Å². The van der Waals surface area contributed by atoms with Crippen LogP contribution in [0, 0.1) is 0 Å². The van der Waals surface area contributed by atoms with Gasteiger partial charge in [-0.2, -0.15) is 0 Å². The summed E-state index contributed by atoms with van der Waals surface area (Å²) in [5.74, 6) is 0. The Bertz CT molecular complexity index is 189. The van der Waals surface area contributed by atoms with Crippen LogP contribution < -0.4 is 0 Å². The molecule has 1 N–H and O–H groups in total. The first-order valence-electron chi connectivity index (χ1n) is 0.725. The molecule has 6 nitrogen and oxygen atoms in total. The predicted octanol–water partition coefficient (Wildman–Crippen LogP) is -0.467. The normalized spacial score (nSPS) is 12.4. The van der Waals surface area contributed by atoms with Crippen LogP contribution in [0.4, 0.5) is 0 Å². The van der Waals surface area contributed by atoms with Crippen molar-refractivity contribution in [2.75, 3.05) is 0 Å². The van der Waals surface area contributed by atoms with Gasteiger partial charge in [0.25, 0.3) is 0 Å². The molecule has 60 valence electrons. The quantitative estimate of drug-likeness (QED) is 0.600. The molecule has 0 aliphatic heterocycles. The molecule has 9 heavy (non-hydrogen) atoms. The molecule has 0 radical (unpaired) electrons. The van der Waals surface area contributed by atoms with Crippen LogP contribution in [0.1, 0.15) is 0 Å². The maximum atomic E-state index is 9.07. The average Bonchev–Trinajstić information content (AvgIpc) is 0.650. The second kappa shape index (κ2) is 4.60. The predicted molar refractivity (Wildman–Crippen MR) is 11.5 cm³/mol. The first-order chi connectivity index (χ1) is 2.24. The fourth-order valence-electron chi connectivity index (χ4n) is 0. The Balaban J connectivity index is -0.0000000417. The molecule has 0 unspecified atom stereocenters. The van der Waals surface area contributed by atoms with Gasteiger partial charge in [-0.25, -0.2) is 0 Å². The zero-order valence-corrected chi connectivity index (χ0v) is 7.81. The molecule has 0 aliphatic rings. The van der Waals surface area contributed by atoms with Crippen molar-refractivity contribution < 1.29 is 57.9 Å². The molecule has 0 aromatic heterocycles. The zero-order valence-electron chi connectivity index (χ0n) is 3.57. The number of hydrogen-bond acceptors (Lipinski definition) is 3. The van der Waals surface area contributed by atoms with E-state index in [0.717, 1.165) is 0 Å². The summed E-state index contributed by atoms with van der Waals surface area (Å²) in [6.07, 6.45) is 0. The van der Waals surface area contributed by atoms with E-state index >= 15 is 0 Å². The fraction of sp³-hybridized carbons (Fsp3) is 0. The molecular weight excluding hydrogens is 334 g/mol. The number of hydrogen-bond donors (Lipinski definition) is 1. The minimum Gasteiger partial charge on any atom is 4.00 e. The van der Waals surface area contributed by atoms with E-state index in [1.165, 1.54) is 0 Å². The van der Waals surface area contributed by atoms with Crippen LogP contribution in [0.15, 0.2) is 0 Å². The van der Waals surface area contributed by atoms with Crippen molar-refractivity contribution in [3.63, 3.8) is 0 Å². The average molecular weight is 335 g/mol. The van der Waals surface area contributed by atoms with Crippen LogP contribution in [-0.2, 0) is 54.0 Å². The van der Waals surface area contributed by atoms with Crippen molar-refractivity contribution in [2.45, 2.75) is 0 Å². The molecule has 0 amide bonds. The molecule has 0 fully saturated rings. The van der Waals surface area contributed by atoms with Gasteiger partial charge in [0.05, 0.1) is 0 Å². The van der Waals surface area contributed by atoms with Gasteiger partial charge in [0.1, 0.15) is 0 Å². The van der Waals surface area contributed by atoms with Crippen molar-refractivity contribution in [3.8, 4) is 0 Å². The Morgan fingerprint density at radius 3 is 1.11 bits per heavy atom. The molecule has 0 aliphatic carbocycles. The summed E-state index contributed by atoms with van der Waals surface area (Å²) in [5, 5.41) is 0. The Labute approximate surface area is 67.5 Å². The first kappa shape index (κ1) is 22.6. The Hall–Kier alpha value is 0.817. The topological polar surface area (TPSA) is 128 Å². The number of halogens is 1. The monoisotopic (exact) mass is 336 g/mol. The minimum atomic E-state index is -6.75. The maximum absolute atomic E-state index is 9.07. The molecular formula is HClO6Ru2. The zero-order chi connectivity index (χ0) is 5.45. The SMILES string of the molecule is [O-2].[O-2].[O]=[Ru](=[O])(=[O])([OH])[Cl].[Ru+4]. The molecule has 0 saturated heterocycles. The summed E-state index contributed by atoms with van der Waals surface area (Å²) in [7, 11) is 3.85. The van der Waals surface area contributed by atoms with Crippen LogP contribution in [-0.4, -0.2) is 3.93 Å². The third kappa shape index (κ3) is 614. The molecule has 0 saturated carbocycles. The summed E-state index contributed by atoms with van der Waals surface area (Å²) < 4.78 is 34.5. The molecule has 0 rings (SSSR count). The van der Waals surface area contributed by atoms with E-state index in [9.17, 15) is 0 Å². The van der Waals surface area contributed by atoms with E-state index in [1.807, 2.05) is 0 Å². The molecule has 0 heterocycles. The van der Waals surface area contributed by atoms with Crippen LogP contribution in [0.2, 0.25) is 0 Å². The third-order valence-electron chi connectivity index (χ3n) is 0. The second-order valence-electron chi connectivity index (χ2n) is 0.594. The maximum Gasteiger partial charge on any atom is 4.00 e. The third-order valence-corrected chi connectivity index (χ3v) is 0. The van der Waals surface area contributed by atoms with Gasteiger partial charge >= 0.3 is 56.6 Å². The smallest absolute Gasteiger partial charge is 4.00 e. The van der Waals surface area contributed by atoms with Gasteiger partial charge in [-0.3, -0.25) is 0 Å². The van der Waals surface area contributed by atoms with Gasteiger partial charge < -0.3 is 11.0 Å². The molecule has 0 bridgehead atoms. The first-order valence-corrected chi connectivity index (χ1v) is 5.87. The van der Waals surface area contributed by atoms with Gasteiger partial charge in [-0.05, 0) is 0 Å². The van der Waals surface area contributed by atoms with Gasteiger partial charge in [-0.15, -0.1) is 0 Å². The van der Waals surface area contributed by atoms with Crippen LogP contribution in [0.5, 0.6) is 0 Å². The summed E-state index contributed by atoms with van der Waals surface area (Å²) in [4.78, 5) is 0. The Morgan fingerprint density at radius 1 is 1.11 bits per heavy atom. The van der Waals surface area contributed by atoms with E-state index in [2.05, 4.69) is 9.69 Å². The summed E-state index contributed by atoms with van der Waals surface area (Å²) in [6, 6.07) is 0. The Kier molecular flexibility index (Phi) is 11.5. The molecule has 0 aromatic carbocycles. The molecule has 0 atom stereocenters. The summed E-state index contributed by atoms with van der Waals surface area (Å²) in [5.41, 5.74) is 0. The largest absolute Gasteiger partial charge is 4.00 e. The van der Waals surface area contributed by atoms with E-state index in [-0.39, 0.29) is 30.4 Å². The Morgan fingerprint density at radius 2 is 1.11 bits per heavy atom. The molecule has 9 heteroatoms. The van der Waals surface area contributed by atoms with Crippen molar-refractivity contribution in [2.24, 2.45) is 0 Å². The van der Waals surface area contributed by atoms with Gasteiger partial charge in [0.2, 0.25) is 0 Å². The van der Waals surface area contributed by atoms with Crippen molar-refractivity contribution in [1.29, 1.82) is 0 Å². The van der Waals surface area contributed by atoms with Crippen molar-refractivity contribution >= 4 is 9.69 Å². The van der Waals surface area contributed by atoms with E-state index < -0.39 is 12.8 Å². The van der Waals surface area contributed by atoms with Crippen molar-refractivity contribution in [3.05, 3.63) is 0 Å². The standard InChI is InChI=1S/ClH.H2O.5O.2Ru/h1H;1H2;;;;;;;/q;;;;;2*-2;+2;+4/p-2. The second-order valence-corrected chi connectivity index (χ2v) is 6.16. The van der Waals surface area contributed by atoms with E-state index in [4.69, 9.17) is 14.7 Å². The van der Waals surface area contributed by atoms with Gasteiger partial charge in [-0.1, -0.05) is 0 Å².